The average Bonchev–Trinajstić information content (AvgIpc) is 2.63. The molecule has 0 saturated heterocycles. The smallest absolute Gasteiger partial charge is 0.134 e. The minimum Gasteiger partial charge on any atom is -0.492 e. The molecule has 0 amide bonds. The van der Waals surface area contributed by atoms with Gasteiger partial charge in [0.1, 0.15) is 11.5 Å². The Balaban J connectivity index is 2.08. The SMILES string of the molecule is CC(C)c1ccc2c(c1)C#Cc1cc(C(C)C)ccc1OCCCO2. The van der Waals surface area contributed by atoms with Crippen LogP contribution in [0, 0.1) is 11.8 Å². The Hall–Kier alpha value is -2.40. The molecule has 25 heavy (non-hydrogen) atoms. The first-order chi connectivity index (χ1) is 12.0. The maximum absolute atomic E-state index is 5.93. The molecule has 0 unspecified atom stereocenters. The minimum atomic E-state index is 0.466. The van der Waals surface area contributed by atoms with Crippen molar-refractivity contribution in [2.75, 3.05) is 13.2 Å². The zero-order chi connectivity index (χ0) is 17.8. The van der Waals surface area contributed by atoms with Gasteiger partial charge in [-0.2, -0.15) is 0 Å². The highest BCUT2D eigenvalue weighted by molar-refractivity contribution is 5.55. The molecule has 0 radical (unpaired) electrons. The molecule has 0 aliphatic carbocycles. The lowest BCUT2D eigenvalue weighted by atomic mass is 9.99. The molecule has 1 heterocycles. The number of fused-ring (bicyclic) bond motifs is 2. The second kappa shape index (κ2) is 7.66. The molecule has 0 atom stereocenters. The van der Waals surface area contributed by atoms with Crippen LogP contribution in [0.4, 0.5) is 0 Å². The van der Waals surface area contributed by atoms with Gasteiger partial charge in [0.2, 0.25) is 0 Å². The summed E-state index contributed by atoms with van der Waals surface area (Å²) in [5.74, 6) is 9.30. The van der Waals surface area contributed by atoms with Crippen molar-refractivity contribution in [1.82, 2.24) is 0 Å². The van der Waals surface area contributed by atoms with Gasteiger partial charge in [0.05, 0.1) is 24.3 Å². The van der Waals surface area contributed by atoms with Crippen molar-refractivity contribution >= 4 is 0 Å². The Morgan fingerprint density at radius 3 is 1.56 bits per heavy atom. The van der Waals surface area contributed by atoms with Crippen molar-refractivity contribution in [2.45, 2.75) is 46.0 Å². The molecule has 0 aromatic heterocycles. The quantitative estimate of drug-likeness (QED) is 0.676. The van der Waals surface area contributed by atoms with Gasteiger partial charge in [0.25, 0.3) is 0 Å². The number of rotatable bonds is 2. The average molecular weight is 334 g/mol. The highest BCUT2D eigenvalue weighted by Crippen LogP contribution is 2.27. The van der Waals surface area contributed by atoms with Gasteiger partial charge in [0, 0.05) is 6.42 Å². The summed E-state index contributed by atoms with van der Waals surface area (Å²) in [7, 11) is 0. The second-order valence-electron chi connectivity index (χ2n) is 7.12. The first-order valence-corrected chi connectivity index (χ1v) is 9.10. The van der Waals surface area contributed by atoms with E-state index in [1.54, 1.807) is 0 Å². The largest absolute Gasteiger partial charge is 0.492 e. The van der Waals surface area contributed by atoms with Gasteiger partial charge in [-0.25, -0.2) is 0 Å². The lowest BCUT2D eigenvalue weighted by molar-refractivity contribution is 0.247. The highest BCUT2D eigenvalue weighted by atomic mass is 16.5. The monoisotopic (exact) mass is 334 g/mol. The van der Waals surface area contributed by atoms with E-state index in [-0.39, 0.29) is 0 Å². The highest BCUT2D eigenvalue weighted by Gasteiger charge is 2.10. The Labute approximate surface area is 151 Å². The summed E-state index contributed by atoms with van der Waals surface area (Å²) in [5.41, 5.74) is 4.46. The number of hydrogen-bond donors (Lipinski definition) is 0. The lowest BCUT2D eigenvalue weighted by Gasteiger charge is -2.12. The van der Waals surface area contributed by atoms with Crippen LogP contribution in [0.1, 0.15) is 68.2 Å². The normalized spacial score (nSPS) is 13.7. The number of benzene rings is 2. The number of ether oxygens (including phenoxy) is 2. The molecule has 3 rings (SSSR count). The molecule has 2 aromatic carbocycles. The summed E-state index contributed by atoms with van der Waals surface area (Å²) >= 11 is 0. The fourth-order valence-corrected chi connectivity index (χ4v) is 2.82. The third kappa shape index (κ3) is 4.17. The van der Waals surface area contributed by atoms with Gasteiger partial charge in [-0.15, -0.1) is 0 Å². The molecule has 130 valence electrons. The summed E-state index contributed by atoms with van der Waals surface area (Å²) in [6.45, 7) is 10.0. The van der Waals surface area contributed by atoms with E-state index in [9.17, 15) is 0 Å². The van der Waals surface area contributed by atoms with Crippen LogP contribution in [0.2, 0.25) is 0 Å². The summed E-state index contributed by atoms with van der Waals surface area (Å²) < 4.78 is 11.9. The van der Waals surface area contributed by atoms with Crippen LogP contribution in [-0.4, -0.2) is 13.2 Å². The van der Waals surface area contributed by atoms with Crippen molar-refractivity contribution in [2.24, 2.45) is 0 Å². The summed E-state index contributed by atoms with van der Waals surface area (Å²) in [6.07, 6.45) is 0.844. The molecule has 0 N–H and O–H groups in total. The molecule has 1 aliphatic heterocycles. The first kappa shape index (κ1) is 17.4. The van der Waals surface area contributed by atoms with Crippen LogP contribution in [-0.2, 0) is 0 Å². The fourth-order valence-electron chi connectivity index (χ4n) is 2.82. The maximum Gasteiger partial charge on any atom is 0.134 e. The predicted octanol–water partition coefficient (Wildman–Crippen LogP) is 5.49. The Morgan fingerprint density at radius 1 is 0.720 bits per heavy atom. The van der Waals surface area contributed by atoms with E-state index in [4.69, 9.17) is 9.47 Å². The Bertz CT molecular complexity index is 741. The van der Waals surface area contributed by atoms with Gasteiger partial charge < -0.3 is 9.47 Å². The molecule has 0 bridgehead atoms. The van der Waals surface area contributed by atoms with E-state index in [2.05, 4.69) is 63.8 Å². The summed E-state index contributed by atoms with van der Waals surface area (Å²) in [4.78, 5) is 0. The first-order valence-electron chi connectivity index (χ1n) is 9.10. The molecule has 1 aliphatic rings. The van der Waals surface area contributed by atoms with Gasteiger partial charge in [-0.05, 0) is 47.2 Å². The zero-order valence-electron chi connectivity index (χ0n) is 15.6. The van der Waals surface area contributed by atoms with E-state index in [0.717, 1.165) is 29.0 Å². The lowest BCUT2D eigenvalue weighted by Crippen LogP contribution is -2.06. The third-order valence-corrected chi connectivity index (χ3v) is 4.48. The third-order valence-electron chi connectivity index (χ3n) is 4.48. The van der Waals surface area contributed by atoms with Crippen LogP contribution >= 0.6 is 0 Å². The van der Waals surface area contributed by atoms with E-state index in [1.165, 1.54) is 11.1 Å². The maximum atomic E-state index is 5.93. The van der Waals surface area contributed by atoms with E-state index in [1.807, 2.05) is 12.1 Å². The predicted molar refractivity (Wildman–Crippen MR) is 103 cm³/mol. The number of hydrogen-bond acceptors (Lipinski definition) is 2. The molecule has 2 aromatic rings. The molecule has 0 spiro atoms. The minimum absolute atomic E-state index is 0.466. The topological polar surface area (TPSA) is 18.5 Å². The van der Waals surface area contributed by atoms with E-state index >= 15 is 0 Å². The molecule has 2 nitrogen and oxygen atoms in total. The van der Waals surface area contributed by atoms with Crippen LogP contribution in [0.15, 0.2) is 36.4 Å². The van der Waals surface area contributed by atoms with Crippen molar-refractivity contribution in [1.29, 1.82) is 0 Å². The van der Waals surface area contributed by atoms with Gasteiger partial charge in [-0.1, -0.05) is 51.7 Å². The van der Waals surface area contributed by atoms with E-state index in [0.29, 0.717) is 25.0 Å². The van der Waals surface area contributed by atoms with Crippen molar-refractivity contribution in [3.8, 4) is 23.3 Å². The van der Waals surface area contributed by atoms with Gasteiger partial charge in [-0.3, -0.25) is 0 Å². The standard InChI is InChI=1S/C23H26O2/c1-16(2)18-8-10-22-20(14-18)6-7-21-15-19(17(3)4)9-11-23(21)25-13-5-12-24-22/h8-11,14-17H,5,12-13H2,1-4H3. The van der Waals surface area contributed by atoms with Crippen LogP contribution in [0.5, 0.6) is 11.5 Å². The van der Waals surface area contributed by atoms with Crippen LogP contribution in [0.3, 0.4) is 0 Å². The van der Waals surface area contributed by atoms with Crippen LogP contribution in [0.25, 0.3) is 0 Å². The van der Waals surface area contributed by atoms with Crippen molar-refractivity contribution in [3.05, 3.63) is 58.7 Å². The van der Waals surface area contributed by atoms with Crippen LogP contribution < -0.4 is 9.47 Å². The van der Waals surface area contributed by atoms with Crippen molar-refractivity contribution in [3.63, 3.8) is 0 Å². The van der Waals surface area contributed by atoms with Gasteiger partial charge in [0.15, 0.2) is 0 Å². The molecule has 0 saturated carbocycles. The zero-order valence-corrected chi connectivity index (χ0v) is 15.6. The fraction of sp³-hybridized carbons (Fsp3) is 0.391. The summed E-state index contributed by atoms with van der Waals surface area (Å²) in [6, 6.07) is 12.7. The summed E-state index contributed by atoms with van der Waals surface area (Å²) in [5, 5.41) is 0. The molecular formula is C23H26O2. The Kier molecular flexibility index (Phi) is 5.34. The Morgan fingerprint density at radius 2 is 1.16 bits per heavy atom. The van der Waals surface area contributed by atoms with Gasteiger partial charge >= 0.3 is 0 Å². The molecular weight excluding hydrogens is 308 g/mol. The molecule has 2 heteroatoms. The van der Waals surface area contributed by atoms with Crippen molar-refractivity contribution < 1.29 is 9.47 Å². The van der Waals surface area contributed by atoms with E-state index < -0.39 is 0 Å². The second-order valence-corrected chi connectivity index (χ2v) is 7.12. The molecule has 0 fully saturated rings.